The van der Waals surface area contributed by atoms with Crippen LogP contribution in [0.1, 0.15) is 58.8 Å². The fourth-order valence-electron chi connectivity index (χ4n) is 2.29. The van der Waals surface area contributed by atoms with Crippen molar-refractivity contribution in [2.75, 3.05) is 13.1 Å². The van der Waals surface area contributed by atoms with Crippen molar-refractivity contribution in [2.45, 2.75) is 64.8 Å². The van der Waals surface area contributed by atoms with Gasteiger partial charge in [-0.1, -0.05) is 33.1 Å². The molecule has 0 aromatic heterocycles. The first-order chi connectivity index (χ1) is 8.18. The molecule has 17 heavy (non-hydrogen) atoms. The lowest BCUT2D eigenvalue weighted by Gasteiger charge is -2.22. The SMILES string of the molecule is CC(C)CCNC(=O)CCNC1CCCCC1. The third-order valence-electron chi connectivity index (χ3n) is 3.43. The first-order valence-electron chi connectivity index (χ1n) is 7.18. The summed E-state index contributed by atoms with van der Waals surface area (Å²) >= 11 is 0. The minimum Gasteiger partial charge on any atom is -0.356 e. The van der Waals surface area contributed by atoms with Crippen molar-refractivity contribution in [3.8, 4) is 0 Å². The summed E-state index contributed by atoms with van der Waals surface area (Å²) in [6.07, 6.45) is 8.34. The number of hydrogen-bond donors (Lipinski definition) is 2. The lowest BCUT2D eigenvalue weighted by molar-refractivity contribution is -0.121. The van der Waals surface area contributed by atoms with E-state index in [9.17, 15) is 4.79 Å². The second kappa shape index (κ2) is 8.51. The normalized spacial score (nSPS) is 17.4. The van der Waals surface area contributed by atoms with Gasteiger partial charge in [0.15, 0.2) is 0 Å². The van der Waals surface area contributed by atoms with Crippen LogP contribution in [0.25, 0.3) is 0 Å². The number of carbonyl (C=O) groups excluding carboxylic acids is 1. The fraction of sp³-hybridized carbons (Fsp3) is 0.929. The van der Waals surface area contributed by atoms with Crippen molar-refractivity contribution in [3.05, 3.63) is 0 Å². The Morgan fingerprint density at radius 2 is 1.88 bits per heavy atom. The molecule has 0 saturated heterocycles. The Morgan fingerprint density at radius 1 is 1.18 bits per heavy atom. The van der Waals surface area contributed by atoms with Gasteiger partial charge >= 0.3 is 0 Å². The molecule has 1 fully saturated rings. The van der Waals surface area contributed by atoms with E-state index in [4.69, 9.17) is 0 Å². The summed E-state index contributed by atoms with van der Waals surface area (Å²) in [5, 5.41) is 6.46. The van der Waals surface area contributed by atoms with Crippen molar-refractivity contribution < 1.29 is 4.79 Å². The summed E-state index contributed by atoms with van der Waals surface area (Å²) in [5.41, 5.74) is 0. The molecule has 0 spiro atoms. The fourth-order valence-corrected chi connectivity index (χ4v) is 2.29. The van der Waals surface area contributed by atoms with Crippen molar-refractivity contribution in [3.63, 3.8) is 0 Å². The summed E-state index contributed by atoms with van der Waals surface area (Å²) in [6.45, 7) is 6.01. The van der Waals surface area contributed by atoms with E-state index >= 15 is 0 Å². The summed E-state index contributed by atoms with van der Waals surface area (Å²) in [4.78, 5) is 11.5. The molecule has 2 N–H and O–H groups in total. The van der Waals surface area contributed by atoms with Gasteiger partial charge in [0.1, 0.15) is 0 Å². The highest BCUT2D eigenvalue weighted by atomic mass is 16.1. The van der Waals surface area contributed by atoms with Gasteiger partial charge in [0.2, 0.25) is 5.91 Å². The van der Waals surface area contributed by atoms with Crippen LogP contribution in [0.2, 0.25) is 0 Å². The number of nitrogens with one attached hydrogen (secondary N) is 2. The molecule has 0 aromatic carbocycles. The van der Waals surface area contributed by atoms with E-state index in [0.717, 1.165) is 19.5 Å². The van der Waals surface area contributed by atoms with E-state index in [1.165, 1.54) is 32.1 Å². The quantitative estimate of drug-likeness (QED) is 0.718. The van der Waals surface area contributed by atoms with E-state index in [1.807, 2.05) is 0 Å². The molecule has 1 amide bonds. The minimum absolute atomic E-state index is 0.189. The molecule has 100 valence electrons. The Morgan fingerprint density at radius 3 is 2.53 bits per heavy atom. The maximum Gasteiger partial charge on any atom is 0.221 e. The molecular weight excluding hydrogens is 212 g/mol. The molecule has 0 bridgehead atoms. The smallest absolute Gasteiger partial charge is 0.221 e. The first kappa shape index (κ1) is 14.5. The summed E-state index contributed by atoms with van der Waals surface area (Å²) in [5.74, 6) is 0.852. The van der Waals surface area contributed by atoms with Crippen molar-refractivity contribution in [2.24, 2.45) is 5.92 Å². The van der Waals surface area contributed by atoms with Crippen LogP contribution in [0.3, 0.4) is 0 Å². The zero-order valence-corrected chi connectivity index (χ0v) is 11.4. The predicted octanol–water partition coefficient (Wildman–Crippen LogP) is 2.46. The van der Waals surface area contributed by atoms with E-state index in [-0.39, 0.29) is 5.91 Å². The number of hydrogen-bond acceptors (Lipinski definition) is 2. The number of carbonyl (C=O) groups is 1. The summed E-state index contributed by atoms with van der Waals surface area (Å²) in [7, 11) is 0. The van der Waals surface area contributed by atoms with Gasteiger partial charge in [-0.05, 0) is 25.2 Å². The van der Waals surface area contributed by atoms with Crippen LogP contribution in [0, 0.1) is 5.92 Å². The lowest BCUT2D eigenvalue weighted by Crippen LogP contribution is -2.35. The van der Waals surface area contributed by atoms with Crippen molar-refractivity contribution in [1.29, 1.82) is 0 Å². The van der Waals surface area contributed by atoms with E-state index < -0.39 is 0 Å². The zero-order valence-electron chi connectivity index (χ0n) is 11.4. The van der Waals surface area contributed by atoms with Crippen LogP contribution < -0.4 is 10.6 Å². The van der Waals surface area contributed by atoms with Gasteiger partial charge in [-0.2, -0.15) is 0 Å². The monoisotopic (exact) mass is 240 g/mol. The van der Waals surface area contributed by atoms with Gasteiger partial charge in [0, 0.05) is 25.6 Å². The highest BCUT2D eigenvalue weighted by Gasteiger charge is 2.12. The molecule has 0 radical (unpaired) electrons. The minimum atomic E-state index is 0.189. The van der Waals surface area contributed by atoms with Crippen molar-refractivity contribution in [1.82, 2.24) is 10.6 Å². The Bertz CT molecular complexity index is 210. The van der Waals surface area contributed by atoms with Crippen LogP contribution in [0.4, 0.5) is 0 Å². The maximum atomic E-state index is 11.5. The summed E-state index contributed by atoms with van der Waals surface area (Å²) < 4.78 is 0. The number of rotatable bonds is 7. The van der Waals surface area contributed by atoms with Crippen LogP contribution in [-0.4, -0.2) is 25.0 Å². The molecule has 0 atom stereocenters. The Labute approximate surface area is 106 Å². The predicted molar refractivity (Wildman–Crippen MR) is 72.0 cm³/mol. The second-order valence-electron chi connectivity index (χ2n) is 5.57. The molecule has 3 heteroatoms. The highest BCUT2D eigenvalue weighted by molar-refractivity contribution is 5.75. The van der Waals surface area contributed by atoms with Crippen molar-refractivity contribution >= 4 is 5.91 Å². The van der Waals surface area contributed by atoms with Gasteiger partial charge in [-0.25, -0.2) is 0 Å². The van der Waals surface area contributed by atoms with Crippen LogP contribution in [-0.2, 0) is 4.79 Å². The van der Waals surface area contributed by atoms with Gasteiger partial charge in [-0.3, -0.25) is 4.79 Å². The molecule has 1 aliphatic carbocycles. The van der Waals surface area contributed by atoms with Gasteiger partial charge in [-0.15, -0.1) is 0 Å². The largest absolute Gasteiger partial charge is 0.356 e. The topological polar surface area (TPSA) is 41.1 Å². The average Bonchev–Trinajstić information content (AvgIpc) is 2.30. The highest BCUT2D eigenvalue weighted by Crippen LogP contribution is 2.17. The molecule has 1 aliphatic rings. The van der Waals surface area contributed by atoms with Crippen LogP contribution in [0.5, 0.6) is 0 Å². The molecule has 0 unspecified atom stereocenters. The molecule has 0 heterocycles. The van der Waals surface area contributed by atoms with Gasteiger partial charge in [0.05, 0.1) is 0 Å². The molecule has 3 nitrogen and oxygen atoms in total. The maximum absolute atomic E-state index is 11.5. The molecule has 1 saturated carbocycles. The average molecular weight is 240 g/mol. The van der Waals surface area contributed by atoms with Crippen LogP contribution in [0.15, 0.2) is 0 Å². The van der Waals surface area contributed by atoms with Gasteiger partial charge < -0.3 is 10.6 Å². The van der Waals surface area contributed by atoms with E-state index in [2.05, 4.69) is 24.5 Å². The standard InChI is InChI=1S/C14H28N2O/c1-12(2)8-10-16-14(17)9-11-15-13-6-4-3-5-7-13/h12-13,15H,3-11H2,1-2H3,(H,16,17). The molecule has 1 rings (SSSR count). The number of amides is 1. The third kappa shape index (κ3) is 7.37. The van der Waals surface area contributed by atoms with E-state index in [0.29, 0.717) is 18.4 Å². The van der Waals surface area contributed by atoms with Crippen LogP contribution >= 0.6 is 0 Å². The Hall–Kier alpha value is -0.570. The Balaban J connectivity index is 1.95. The van der Waals surface area contributed by atoms with Gasteiger partial charge in [0.25, 0.3) is 0 Å². The zero-order chi connectivity index (χ0) is 12.5. The molecule has 0 aliphatic heterocycles. The Kier molecular flexibility index (Phi) is 7.25. The van der Waals surface area contributed by atoms with E-state index in [1.54, 1.807) is 0 Å². The molecule has 0 aromatic rings. The molecular formula is C14H28N2O. The second-order valence-corrected chi connectivity index (χ2v) is 5.57. The lowest BCUT2D eigenvalue weighted by atomic mass is 9.95. The third-order valence-corrected chi connectivity index (χ3v) is 3.43. The first-order valence-corrected chi connectivity index (χ1v) is 7.18. The summed E-state index contributed by atoms with van der Waals surface area (Å²) in [6, 6.07) is 0.659.